The third-order valence-electron chi connectivity index (χ3n) is 1.76. The van der Waals surface area contributed by atoms with Crippen LogP contribution in [0.2, 0.25) is 0 Å². The number of nitrogens with zero attached hydrogens (tertiary/aromatic N) is 1. The highest BCUT2D eigenvalue weighted by atomic mass is 16.4. The van der Waals surface area contributed by atoms with E-state index in [1.807, 2.05) is 0 Å². The molecule has 0 aromatic carbocycles. The van der Waals surface area contributed by atoms with Crippen LogP contribution in [-0.2, 0) is 14.4 Å². The van der Waals surface area contributed by atoms with E-state index < -0.39 is 24.3 Å². The van der Waals surface area contributed by atoms with E-state index >= 15 is 0 Å². The largest absolute Gasteiger partial charge is 0.480 e. The number of aliphatic hydroxyl groups excluding tert-OH is 2. The molecule has 2 amide bonds. The number of rotatable bonds is 5. The molecule has 0 aromatic heterocycles. The van der Waals surface area contributed by atoms with Crippen molar-refractivity contribution in [2.45, 2.75) is 12.8 Å². The lowest BCUT2D eigenvalue weighted by molar-refractivity contribution is -0.147. The van der Waals surface area contributed by atoms with Gasteiger partial charge < -0.3 is 15.3 Å². The normalized spacial score (nSPS) is 13.6. The fraction of sp³-hybridized carbons (Fsp3) is 0.500. The van der Waals surface area contributed by atoms with Gasteiger partial charge in [0, 0.05) is 25.4 Å². The molecule has 96 valence electrons. The molecule has 0 aromatic rings. The van der Waals surface area contributed by atoms with E-state index in [0.717, 1.165) is 25.0 Å². The number of carboxylic acids is 1. The number of unbranched alkanes of at least 4 members (excludes halogenated alkanes) is 1. The summed E-state index contributed by atoms with van der Waals surface area (Å²) in [5, 5.41) is 24.4. The van der Waals surface area contributed by atoms with Crippen molar-refractivity contribution >= 4 is 17.8 Å². The first-order chi connectivity index (χ1) is 8.02. The Hall–Kier alpha value is -1.73. The van der Waals surface area contributed by atoms with Gasteiger partial charge in [-0.25, -0.2) is 0 Å². The van der Waals surface area contributed by atoms with E-state index in [2.05, 4.69) is 0 Å². The molecule has 0 fully saturated rings. The monoisotopic (exact) mass is 245 g/mol. The van der Waals surface area contributed by atoms with Crippen LogP contribution in [-0.4, -0.2) is 57.8 Å². The van der Waals surface area contributed by atoms with E-state index in [1.54, 1.807) is 0 Å². The number of aliphatic hydroxyl groups is 2. The van der Waals surface area contributed by atoms with Crippen LogP contribution in [0.5, 0.6) is 0 Å². The molecule has 0 saturated carbocycles. The molecular weight excluding hydrogens is 230 g/mol. The van der Waals surface area contributed by atoms with E-state index in [4.69, 9.17) is 15.3 Å². The molecule has 0 radical (unpaired) electrons. The van der Waals surface area contributed by atoms with Crippen molar-refractivity contribution in [3.05, 3.63) is 12.2 Å². The molecule has 7 heteroatoms. The van der Waals surface area contributed by atoms with Gasteiger partial charge in [0.2, 0.25) is 0 Å². The maximum absolute atomic E-state index is 10.7. The number of hydrogen-bond acceptors (Lipinski definition) is 5. The highest BCUT2D eigenvalue weighted by Crippen LogP contribution is 2.01. The summed E-state index contributed by atoms with van der Waals surface area (Å²) in [7, 11) is 0. The molecule has 0 unspecified atom stereocenters. The Morgan fingerprint density at radius 1 is 1.06 bits per heavy atom. The van der Waals surface area contributed by atoms with Crippen molar-refractivity contribution in [2.24, 2.45) is 0 Å². The van der Waals surface area contributed by atoms with Crippen LogP contribution in [0.4, 0.5) is 0 Å². The number of imide groups is 1. The number of amides is 2. The van der Waals surface area contributed by atoms with Crippen molar-refractivity contribution < 1.29 is 29.7 Å². The molecule has 1 aliphatic heterocycles. The molecule has 0 bridgehead atoms. The Kier molecular flexibility index (Phi) is 7.57. The van der Waals surface area contributed by atoms with E-state index in [-0.39, 0.29) is 13.2 Å². The topological polar surface area (TPSA) is 115 Å². The van der Waals surface area contributed by atoms with Gasteiger partial charge in [-0.15, -0.1) is 0 Å². The van der Waals surface area contributed by atoms with Crippen LogP contribution < -0.4 is 0 Å². The lowest BCUT2D eigenvalue weighted by atomic mass is 10.3. The quantitative estimate of drug-likeness (QED) is 0.411. The molecular formula is C10H15NO6. The van der Waals surface area contributed by atoms with Crippen molar-refractivity contribution in [3.8, 4) is 0 Å². The summed E-state index contributed by atoms with van der Waals surface area (Å²) >= 11 is 0. The molecule has 0 saturated heterocycles. The Morgan fingerprint density at radius 3 is 1.76 bits per heavy atom. The summed E-state index contributed by atoms with van der Waals surface area (Å²) < 4.78 is 0. The zero-order valence-corrected chi connectivity index (χ0v) is 9.20. The summed E-state index contributed by atoms with van der Waals surface area (Å²) in [6, 6.07) is 0. The Morgan fingerprint density at radius 2 is 1.47 bits per heavy atom. The van der Waals surface area contributed by atoms with Gasteiger partial charge in [-0.2, -0.15) is 0 Å². The van der Waals surface area contributed by atoms with Gasteiger partial charge in [0.05, 0.1) is 0 Å². The fourth-order valence-electron chi connectivity index (χ4n) is 0.946. The zero-order chi connectivity index (χ0) is 13.3. The molecule has 0 spiro atoms. The molecule has 1 heterocycles. The summed E-state index contributed by atoms with van der Waals surface area (Å²) in [6.07, 6.45) is 3.53. The second-order valence-electron chi connectivity index (χ2n) is 3.14. The van der Waals surface area contributed by atoms with Crippen LogP contribution in [0.15, 0.2) is 12.2 Å². The van der Waals surface area contributed by atoms with Gasteiger partial charge in [-0.05, 0) is 12.8 Å². The van der Waals surface area contributed by atoms with Gasteiger partial charge in [0.25, 0.3) is 11.8 Å². The SMILES string of the molecule is O=C(O)CN1C(=O)C=CC1=O.OCCCCO. The van der Waals surface area contributed by atoms with Gasteiger partial charge in [0.1, 0.15) is 6.54 Å². The number of carbonyl (C=O) groups excluding carboxylic acids is 2. The summed E-state index contributed by atoms with van der Waals surface area (Å²) in [5.41, 5.74) is 0. The van der Waals surface area contributed by atoms with E-state index in [1.165, 1.54) is 0 Å². The van der Waals surface area contributed by atoms with Crippen LogP contribution >= 0.6 is 0 Å². The first-order valence-electron chi connectivity index (χ1n) is 5.00. The molecule has 7 nitrogen and oxygen atoms in total. The van der Waals surface area contributed by atoms with E-state index in [9.17, 15) is 14.4 Å². The van der Waals surface area contributed by atoms with Crippen LogP contribution in [0.1, 0.15) is 12.8 Å². The molecule has 1 rings (SSSR count). The van der Waals surface area contributed by atoms with E-state index in [0.29, 0.717) is 4.90 Å². The number of aliphatic carboxylic acids is 1. The maximum atomic E-state index is 10.7. The van der Waals surface area contributed by atoms with Gasteiger partial charge in [0.15, 0.2) is 0 Å². The third-order valence-corrected chi connectivity index (χ3v) is 1.76. The summed E-state index contributed by atoms with van der Waals surface area (Å²) in [4.78, 5) is 32.1. The van der Waals surface area contributed by atoms with Gasteiger partial charge in [-0.1, -0.05) is 0 Å². The third kappa shape index (κ3) is 6.44. The van der Waals surface area contributed by atoms with Gasteiger partial charge in [-0.3, -0.25) is 19.3 Å². The minimum atomic E-state index is -1.20. The smallest absolute Gasteiger partial charge is 0.323 e. The number of carbonyl (C=O) groups is 3. The summed E-state index contributed by atoms with van der Waals surface area (Å²) in [6.45, 7) is -0.175. The maximum Gasteiger partial charge on any atom is 0.323 e. The second-order valence-corrected chi connectivity index (χ2v) is 3.14. The second kappa shape index (κ2) is 8.43. The molecule has 0 atom stereocenters. The lowest BCUT2D eigenvalue weighted by Crippen LogP contribution is -2.34. The molecule has 1 aliphatic rings. The first kappa shape index (κ1) is 15.3. The number of carboxylic acid groups (broad SMARTS) is 1. The molecule has 3 N–H and O–H groups in total. The van der Waals surface area contributed by atoms with Crippen molar-refractivity contribution in [1.29, 1.82) is 0 Å². The number of hydrogen-bond donors (Lipinski definition) is 3. The summed E-state index contributed by atoms with van der Waals surface area (Å²) in [5.74, 6) is -2.34. The standard InChI is InChI=1S/C6H5NO4.C4H10O2/c8-4-1-2-5(9)7(4)3-6(10)11;5-3-1-2-4-6/h1-2H,3H2,(H,10,11);5-6H,1-4H2. The average Bonchev–Trinajstić information content (AvgIpc) is 2.58. The fourth-order valence-corrected chi connectivity index (χ4v) is 0.946. The minimum Gasteiger partial charge on any atom is -0.480 e. The van der Waals surface area contributed by atoms with Crippen LogP contribution in [0.25, 0.3) is 0 Å². The van der Waals surface area contributed by atoms with Crippen molar-refractivity contribution in [1.82, 2.24) is 4.90 Å². The average molecular weight is 245 g/mol. The highest BCUT2D eigenvalue weighted by molar-refractivity contribution is 6.14. The Labute approximate surface area is 98.0 Å². The van der Waals surface area contributed by atoms with Gasteiger partial charge >= 0.3 is 5.97 Å². The Bertz CT molecular complexity index is 290. The van der Waals surface area contributed by atoms with Crippen LogP contribution in [0.3, 0.4) is 0 Å². The zero-order valence-electron chi connectivity index (χ0n) is 9.20. The van der Waals surface area contributed by atoms with Crippen molar-refractivity contribution in [2.75, 3.05) is 19.8 Å². The Balaban J connectivity index is 0.000000366. The van der Waals surface area contributed by atoms with Crippen LogP contribution in [0, 0.1) is 0 Å². The molecule has 17 heavy (non-hydrogen) atoms. The van der Waals surface area contributed by atoms with Crippen molar-refractivity contribution in [3.63, 3.8) is 0 Å². The predicted octanol–water partition coefficient (Wildman–Crippen LogP) is -1.25. The lowest BCUT2D eigenvalue weighted by Gasteiger charge is -2.08. The minimum absolute atomic E-state index is 0.195. The highest BCUT2D eigenvalue weighted by Gasteiger charge is 2.24. The first-order valence-corrected chi connectivity index (χ1v) is 5.00. The molecule has 0 aliphatic carbocycles. The predicted molar refractivity (Wildman–Crippen MR) is 56.9 cm³/mol.